The van der Waals surface area contributed by atoms with E-state index in [9.17, 15) is 0 Å². The highest BCUT2D eigenvalue weighted by molar-refractivity contribution is 7.04. The van der Waals surface area contributed by atoms with E-state index in [2.05, 4.69) is 244 Å². The topological polar surface area (TPSA) is 25.8 Å². The van der Waals surface area contributed by atoms with Crippen LogP contribution in [0.15, 0.2) is 231 Å². The van der Waals surface area contributed by atoms with E-state index in [4.69, 9.17) is 9.97 Å². The molecule has 0 radical (unpaired) electrons. The van der Waals surface area contributed by atoms with Gasteiger partial charge in [-0.15, -0.1) is 0 Å². The number of nitrogens with zero attached hydrogens (tertiary/aromatic N) is 2. The van der Waals surface area contributed by atoms with Crippen LogP contribution in [-0.2, 0) is 0 Å². The van der Waals surface area contributed by atoms with E-state index in [0.29, 0.717) is 0 Å². The van der Waals surface area contributed by atoms with Crippen molar-refractivity contribution < 1.29 is 0 Å². The fourth-order valence-electron chi connectivity index (χ4n) is 9.37. The molecule has 298 valence electrons. The smallest absolute Gasteiger partial charge is 0.160 e. The van der Waals surface area contributed by atoms with E-state index in [1.54, 1.807) is 0 Å². The highest BCUT2D eigenvalue weighted by Crippen LogP contribution is 2.38. The van der Waals surface area contributed by atoms with Gasteiger partial charge in [0, 0.05) is 11.1 Å². The Morgan fingerprint density at radius 1 is 0.270 bits per heavy atom. The first-order valence-electron chi connectivity index (χ1n) is 21.7. The van der Waals surface area contributed by atoms with Gasteiger partial charge in [-0.2, -0.15) is 0 Å². The first-order chi connectivity index (χ1) is 31.0. The Morgan fingerprint density at radius 2 is 0.603 bits per heavy atom. The second kappa shape index (κ2) is 16.0. The molecule has 63 heavy (non-hydrogen) atoms. The normalized spacial score (nSPS) is 12.4. The van der Waals surface area contributed by atoms with Gasteiger partial charge < -0.3 is 0 Å². The summed E-state index contributed by atoms with van der Waals surface area (Å²) in [5.74, 6) is 0.738. The third-order valence-electron chi connectivity index (χ3n) is 12.7. The summed E-state index contributed by atoms with van der Waals surface area (Å²) in [7, 11) is -2.14. The van der Waals surface area contributed by atoms with Crippen molar-refractivity contribution >= 4 is 18.4 Å². The lowest BCUT2D eigenvalue weighted by molar-refractivity contribution is 1.20. The Balaban J connectivity index is 1.05. The fraction of sp³-hybridized carbons (Fsp3) is 0.0333. The average Bonchev–Trinajstić information content (AvgIpc) is 3.60. The molecule has 3 heteroatoms. The van der Waals surface area contributed by atoms with Crippen LogP contribution in [0.4, 0.5) is 0 Å². The van der Waals surface area contributed by atoms with Gasteiger partial charge in [-0.05, 0) is 113 Å². The van der Waals surface area contributed by atoms with Crippen molar-refractivity contribution in [3.8, 4) is 101 Å². The summed E-state index contributed by atoms with van der Waals surface area (Å²) in [5.41, 5.74) is 19.6. The van der Waals surface area contributed by atoms with E-state index in [1.165, 1.54) is 60.4 Å². The molecule has 0 amide bonds. The predicted molar refractivity (Wildman–Crippen MR) is 268 cm³/mol. The van der Waals surface area contributed by atoms with E-state index in [0.717, 1.165) is 50.6 Å². The maximum absolute atomic E-state index is 5.55. The zero-order valence-electron chi connectivity index (χ0n) is 35.3. The number of rotatable bonds is 8. The van der Waals surface area contributed by atoms with Crippen molar-refractivity contribution in [1.82, 2.24) is 9.97 Å². The molecule has 0 saturated carbocycles. The highest BCUT2D eigenvalue weighted by Gasteiger charge is 2.41. The molecule has 0 atom stereocenters. The van der Waals surface area contributed by atoms with Gasteiger partial charge in [0.1, 0.15) is 8.07 Å². The molecule has 0 fully saturated rings. The Morgan fingerprint density at radius 3 is 1.14 bits per heavy atom. The van der Waals surface area contributed by atoms with Crippen molar-refractivity contribution in [2.24, 2.45) is 0 Å². The van der Waals surface area contributed by atoms with Crippen molar-refractivity contribution in [3.05, 3.63) is 231 Å². The van der Waals surface area contributed by atoms with Crippen LogP contribution < -0.4 is 10.4 Å². The summed E-state index contributed by atoms with van der Waals surface area (Å²) in [6.07, 6.45) is 0. The number of aromatic nitrogens is 2. The van der Waals surface area contributed by atoms with E-state index >= 15 is 0 Å². The number of fused-ring (bicyclic) bond motifs is 3. The molecule has 0 N–H and O–H groups in total. The van der Waals surface area contributed by atoms with Crippen LogP contribution in [0.5, 0.6) is 0 Å². The molecule has 1 aromatic heterocycles. The average molecular weight is 821 g/mol. The molecule has 1 aliphatic heterocycles. The first-order valence-corrected chi connectivity index (χ1v) is 24.7. The minimum Gasteiger partial charge on any atom is -0.228 e. The molecule has 2 nitrogen and oxygen atoms in total. The minimum atomic E-state index is -2.14. The van der Waals surface area contributed by atoms with Crippen LogP contribution in [0.25, 0.3) is 101 Å². The molecule has 0 aliphatic carbocycles. The van der Waals surface area contributed by atoms with Gasteiger partial charge in [0.25, 0.3) is 0 Å². The van der Waals surface area contributed by atoms with Crippen LogP contribution in [-0.4, -0.2) is 18.0 Å². The first kappa shape index (κ1) is 38.2. The van der Waals surface area contributed by atoms with Crippen LogP contribution in [0.2, 0.25) is 13.1 Å². The summed E-state index contributed by atoms with van der Waals surface area (Å²) in [6.45, 7) is 4.89. The zero-order chi connectivity index (χ0) is 42.3. The fourth-order valence-corrected chi connectivity index (χ4v) is 12.6. The highest BCUT2D eigenvalue weighted by atomic mass is 28.3. The minimum absolute atomic E-state index is 0.738. The van der Waals surface area contributed by atoms with Crippen LogP contribution >= 0.6 is 0 Å². The van der Waals surface area contributed by atoms with Gasteiger partial charge in [0.2, 0.25) is 0 Å². The van der Waals surface area contributed by atoms with Crippen molar-refractivity contribution in [1.29, 1.82) is 0 Å². The summed E-state index contributed by atoms with van der Waals surface area (Å²) in [5, 5.41) is 2.72. The standard InChI is InChI=1S/C60H44N2Si/c1-63(2)56-27-13-12-26-55(56)58-59(63)57(50-24-14-22-48(36-50)43-20-10-5-11-21-43)61-60(62-58)51-25-15-23-49(37-51)54-39-52(46-32-28-44(29-33-46)41-16-6-3-7-17-41)38-53(40-54)47-34-30-45(31-35-47)42-18-8-4-9-19-42/h3-40H,1-2H3. The van der Waals surface area contributed by atoms with E-state index < -0.39 is 8.07 Å². The van der Waals surface area contributed by atoms with Crippen LogP contribution in [0.1, 0.15) is 0 Å². The third-order valence-corrected chi connectivity index (χ3v) is 16.2. The molecule has 9 aromatic carbocycles. The second-order valence-corrected chi connectivity index (χ2v) is 21.3. The Hall–Kier alpha value is -7.72. The third kappa shape index (κ3) is 7.23. The van der Waals surface area contributed by atoms with Crippen molar-refractivity contribution in [3.63, 3.8) is 0 Å². The molecule has 0 saturated heterocycles. The number of hydrogen-bond acceptors (Lipinski definition) is 2. The largest absolute Gasteiger partial charge is 0.228 e. The monoisotopic (exact) mass is 820 g/mol. The Labute approximate surface area is 370 Å². The van der Waals surface area contributed by atoms with Crippen molar-refractivity contribution in [2.45, 2.75) is 13.1 Å². The summed E-state index contributed by atoms with van der Waals surface area (Å²) in [4.78, 5) is 11.0. The maximum atomic E-state index is 5.55. The molecular weight excluding hydrogens is 777 g/mol. The summed E-state index contributed by atoms with van der Waals surface area (Å²) in [6, 6.07) is 83.2. The van der Waals surface area contributed by atoms with E-state index in [1.807, 2.05) is 0 Å². The lowest BCUT2D eigenvalue weighted by Crippen LogP contribution is -2.50. The van der Waals surface area contributed by atoms with Gasteiger partial charge in [-0.1, -0.05) is 213 Å². The Kier molecular flexibility index (Phi) is 9.68. The number of benzene rings is 9. The molecule has 2 heterocycles. The van der Waals surface area contributed by atoms with Gasteiger partial charge >= 0.3 is 0 Å². The molecular formula is C60H44N2Si. The molecule has 11 rings (SSSR count). The lowest BCUT2D eigenvalue weighted by Gasteiger charge is -2.22. The second-order valence-electron chi connectivity index (χ2n) is 17.0. The Bertz CT molecular complexity index is 3160. The van der Waals surface area contributed by atoms with Gasteiger partial charge in [0.05, 0.1) is 11.4 Å². The molecule has 0 bridgehead atoms. The van der Waals surface area contributed by atoms with Crippen LogP contribution in [0, 0.1) is 0 Å². The van der Waals surface area contributed by atoms with Gasteiger partial charge in [0.15, 0.2) is 5.82 Å². The maximum Gasteiger partial charge on any atom is 0.160 e. The lowest BCUT2D eigenvalue weighted by atomic mass is 9.91. The summed E-state index contributed by atoms with van der Waals surface area (Å²) >= 11 is 0. The van der Waals surface area contributed by atoms with Gasteiger partial charge in [-0.25, -0.2) is 9.97 Å². The molecule has 0 spiro atoms. The molecule has 10 aromatic rings. The zero-order valence-corrected chi connectivity index (χ0v) is 36.3. The van der Waals surface area contributed by atoms with Crippen molar-refractivity contribution in [2.75, 3.05) is 0 Å². The van der Waals surface area contributed by atoms with Crippen LogP contribution in [0.3, 0.4) is 0 Å². The van der Waals surface area contributed by atoms with E-state index in [-0.39, 0.29) is 0 Å². The SMILES string of the molecule is C[Si]1(C)c2ccccc2-c2nc(-c3cccc(-c4cc(-c5ccc(-c6ccccc6)cc5)cc(-c5ccc(-c6ccccc6)cc5)c4)c3)nc(-c3cccc(-c4ccccc4)c3)c21. The van der Waals surface area contributed by atoms with Gasteiger partial charge in [-0.3, -0.25) is 0 Å². The molecule has 1 aliphatic rings. The predicted octanol–water partition coefficient (Wildman–Crippen LogP) is 14.6. The summed E-state index contributed by atoms with van der Waals surface area (Å²) < 4.78 is 0. The number of hydrogen-bond donors (Lipinski definition) is 0. The quantitative estimate of drug-likeness (QED) is 0.143. The molecule has 0 unspecified atom stereocenters.